The van der Waals surface area contributed by atoms with Crippen LogP contribution >= 0.6 is 11.6 Å². The van der Waals surface area contributed by atoms with Crippen LogP contribution in [0.2, 0.25) is 5.02 Å². The molecule has 1 amide bonds. The van der Waals surface area contributed by atoms with Crippen molar-refractivity contribution in [3.8, 4) is 0 Å². The number of hydrogen-bond donors (Lipinski definition) is 1. The third-order valence-corrected chi connectivity index (χ3v) is 8.26. The van der Waals surface area contributed by atoms with E-state index in [1.54, 1.807) is 10.9 Å². The van der Waals surface area contributed by atoms with Crippen LogP contribution in [0.3, 0.4) is 0 Å². The molecule has 190 valence electrons. The predicted molar refractivity (Wildman–Crippen MR) is 137 cm³/mol. The fourth-order valence-corrected chi connectivity index (χ4v) is 5.80. The molecule has 0 bridgehead atoms. The molecule has 2 saturated heterocycles. The molecule has 1 saturated carbocycles. The number of carbonyl (C=O) groups excluding carboxylic acids is 1. The van der Waals surface area contributed by atoms with Crippen molar-refractivity contribution >= 4 is 39.8 Å². The van der Waals surface area contributed by atoms with Crippen molar-refractivity contribution in [1.29, 1.82) is 0 Å². The number of ether oxygens (including phenoxy) is 1. The Labute approximate surface area is 214 Å². The Kier molecular flexibility index (Phi) is 5.89. The molecule has 2 aliphatic heterocycles. The Morgan fingerprint density at radius 3 is 2.72 bits per heavy atom. The lowest BCUT2D eigenvalue weighted by Crippen LogP contribution is -2.59. The van der Waals surface area contributed by atoms with Gasteiger partial charge in [0.25, 0.3) is 0 Å². The average Bonchev–Trinajstić information content (AvgIpc) is 3.44. The summed E-state index contributed by atoms with van der Waals surface area (Å²) in [7, 11) is 1.88. The predicted octanol–water partition coefficient (Wildman–Crippen LogP) is 3.61. The number of alkyl halides is 1. The van der Waals surface area contributed by atoms with Crippen molar-refractivity contribution in [1.82, 2.24) is 19.7 Å². The quantitative estimate of drug-likeness (QED) is 0.563. The van der Waals surface area contributed by atoms with Gasteiger partial charge < -0.3 is 15.0 Å². The first kappa shape index (κ1) is 23.6. The van der Waals surface area contributed by atoms with Gasteiger partial charge in [-0.25, -0.2) is 9.37 Å². The zero-order chi connectivity index (χ0) is 25.0. The lowest BCUT2D eigenvalue weighted by molar-refractivity contribution is -0.117. The number of pyridine rings is 1. The van der Waals surface area contributed by atoms with E-state index in [-0.39, 0.29) is 24.3 Å². The van der Waals surface area contributed by atoms with E-state index < -0.39 is 11.7 Å². The van der Waals surface area contributed by atoms with Crippen LogP contribution < -0.4 is 10.2 Å². The van der Waals surface area contributed by atoms with E-state index in [0.717, 1.165) is 54.8 Å². The summed E-state index contributed by atoms with van der Waals surface area (Å²) in [5.41, 5.74) is 1.34. The molecule has 2 aromatic heterocycles. The summed E-state index contributed by atoms with van der Waals surface area (Å²) in [6.45, 7) is 5.53. The fourth-order valence-electron chi connectivity index (χ4n) is 5.51. The first-order valence-electron chi connectivity index (χ1n) is 12.4. The Bertz CT molecular complexity index is 1310. The molecule has 6 rings (SSSR count). The van der Waals surface area contributed by atoms with Crippen LogP contribution in [0.15, 0.2) is 36.7 Å². The first-order valence-corrected chi connectivity index (χ1v) is 12.8. The summed E-state index contributed by atoms with van der Waals surface area (Å²) < 4.78 is 21.6. The monoisotopic (exact) mass is 512 g/mol. The molecule has 4 atom stereocenters. The topological polar surface area (TPSA) is 75.5 Å². The van der Waals surface area contributed by atoms with Crippen molar-refractivity contribution in [3.63, 3.8) is 0 Å². The number of aromatic nitrogens is 3. The number of amides is 1. The van der Waals surface area contributed by atoms with E-state index in [9.17, 15) is 9.18 Å². The van der Waals surface area contributed by atoms with Crippen LogP contribution in [0.1, 0.15) is 25.0 Å². The van der Waals surface area contributed by atoms with E-state index >= 15 is 0 Å². The number of halogens is 2. The number of nitrogens with one attached hydrogen (secondary N) is 1. The highest BCUT2D eigenvalue weighted by Gasteiger charge is 2.46. The standard InChI is InChI=1S/C26H30ClFN6O2/c1-26(15-36-14-23(26)28)34-7-5-33(6-8-34)22-10-16-11-24(29-13-17(16)9-20(22)27)30-25(35)19-12-18(19)21-3-4-32(2)31-21/h3-4,9-11,13,18-19,23H,5-8,12,14-15H2,1-2H3,(H,29,30,35)/t18?,19?,23-,26+/m0/s1. The third kappa shape index (κ3) is 4.23. The molecule has 36 heavy (non-hydrogen) atoms. The summed E-state index contributed by atoms with van der Waals surface area (Å²) >= 11 is 6.66. The zero-order valence-electron chi connectivity index (χ0n) is 20.5. The van der Waals surface area contributed by atoms with E-state index in [0.29, 0.717) is 17.4 Å². The van der Waals surface area contributed by atoms with Gasteiger partial charge in [-0.1, -0.05) is 11.6 Å². The minimum Gasteiger partial charge on any atom is -0.376 e. The molecule has 1 N–H and O–H groups in total. The Balaban J connectivity index is 1.15. The maximum absolute atomic E-state index is 14.5. The summed E-state index contributed by atoms with van der Waals surface area (Å²) in [6.07, 6.45) is 3.47. The molecule has 3 fully saturated rings. The van der Waals surface area contributed by atoms with E-state index in [4.69, 9.17) is 16.3 Å². The summed E-state index contributed by atoms with van der Waals surface area (Å²) in [5.74, 6) is 0.589. The van der Waals surface area contributed by atoms with Crippen molar-refractivity contribution in [3.05, 3.63) is 47.4 Å². The first-order chi connectivity index (χ1) is 17.3. The maximum atomic E-state index is 14.5. The molecule has 3 aliphatic rings. The Morgan fingerprint density at radius 2 is 2.03 bits per heavy atom. The molecular weight excluding hydrogens is 483 g/mol. The lowest BCUT2D eigenvalue weighted by Gasteiger charge is -2.44. The highest BCUT2D eigenvalue weighted by molar-refractivity contribution is 6.34. The summed E-state index contributed by atoms with van der Waals surface area (Å²) in [6, 6.07) is 7.83. The molecule has 1 aliphatic carbocycles. The molecule has 0 spiro atoms. The van der Waals surface area contributed by atoms with Crippen molar-refractivity contribution in [2.75, 3.05) is 49.6 Å². The number of benzene rings is 1. The third-order valence-electron chi connectivity index (χ3n) is 7.96. The van der Waals surface area contributed by atoms with Crippen molar-refractivity contribution in [2.24, 2.45) is 13.0 Å². The normalized spacial score (nSPS) is 28.6. The molecule has 2 unspecified atom stereocenters. The molecule has 1 aromatic carbocycles. The SMILES string of the molecule is Cn1ccc(C2CC2C(=O)Nc2cc3cc(N4CCN([C@]5(C)COC[C@@H]5F)CC4)c(Cl)cc3cn2)n1. The minimum absolute atomic E-state index is 0.0293. The van der Waals surface area contributed by atoms with E-state index in [1.165, 1.54) is 0 Å². The van der Waals surface area contributed by atoms with E-state index in [1.807, 2.05) is 38.4 Å². The number of nitrogens with zero attached hydrogens (tertiary/aromatic N) is 5. The number of carbonyl (C=O) groups is 1. The van der Waals surface area contributed by atoms with Crippen LogP contribution in [0.25, 0.3) is 10.8 Å². The second-order valence-corrected chi connectivity index (χ2v) is 10.8. The second kappa shape index (κ2) is 8.97. The van der Waals surface area contributed by atoms with Gasteiger partial charge in [-0.3, -0.25) is 14.4 Å². The fraction of sp³-hybridized carbons (Fsp3) is 0.500. The average molecular weight is 513 g/mol. The smallest absolute Gasteiger partial charge is 0.229 e. The number of hydrogen-bond acceptors (Lipinski definition) is 6. The molecule has 0 radical (unpaired) electrons. The van der Waals surface area contributed by atoms with Crippen LogP contribution in [0.5, 0.6) is 0 Å². The Morgan fingerprint density at radius 1 is 1.22 bits per heavy atom. The van der Waals surface area contributed by atoms with Gasteiger partial charge in [0.15, 0.2) is 0 Å². The van der Waals surface area contributed by atoms with Gasteiger partial charge in [0.05, 0.1) is 35.2 Å². The molecule has 3 aromatic rings. The summed E-state index contributed by atoms with van der Waals surface area (Å²) in [5, 5.41) is 9.93. The lowest BCUT2D eigenvalue weighted by atomic mass is 9.96. The number of aryl methyl sites for hydroxylation is 1. The van der Waals surface area contributed by atoms with Crippen LogP contribution in [-0.2, 0) is 16.6 Å². The van der Waals surface area contributed by atoms with Gasteiger partial charge in [0.1, 0.15) is 12.0 Å². The van der Waals surface area contributed by atoms with Crippen LogP contribution in [0.4, 0.5) is 15.9 Å². The van der Waals surface area contributed by atoms with Crippen molar-refractivity contribution < 1.29 is 13.9 Å². The van der Waals surface area contributed by atoms with Gasteiger partial charge in [-0.05, 0) is 43.0 Å². The van der Waals surface area contributed by atoms with E-state index in [2.05, 4.69) is 31.3 Å². The van der Waals surface area contributed by atoms with Gasteiger partial charge in [-0.2, -0.15) is 5.10 Å². The minimum atomic E-state index is -0.968. The maximum Gasteiger partial charge on any atom is 0.229 e. The van der Waals surface area contributed by atoms with Crippen LogP contribution in [0, 0.1) is 5.92 Å². The largest absolute Gasteiger partial charge is 0.376 e. The Hall–Kier alpha value is -2.75. The molecular formula is C26H30ClFN6O2. The number of piperazine rings is 1. The molecule has 4 heterocycles. The van der Waals surface area contributed by atoms with Gasteiger partial charge in [-0.15, -0.1) is 0 Å². The second-order valence-electron chi connectivity index (χ2n) is 10.4. The number of fused-ring (bicyclic) bond motifs is 1. The van der Waals surface area contributed by atoms with Gasteiger partial charge >= 0.3 is 0 Å². The van der Waals surface area contributed by atoms with Gasteiger partial charge in [0, 0.05) is 62.8 Å². The highest BCUT2D eigenvalue weighted by Crippen LogP contribution is 2.47. The molecule has 8 nitrogen and oxygen atoms in total. The number of anilines is 2. The highest BCUT2D eigenvalue weighted by atomic mass is 35.5. The molecule has 10 heteroatoms. The van der Waals surface area contributed by atoms with Crippen LogP contribution in [-0.4, -0.2) is 76.7 Å². The van der Waals surface area contributed by atoms with Crippen molar-refractivity contribution in [2.45, 2.75) is 31.0 Å². The zero-order valence-corrected chi connectivity index (χ0v) is 21.2. The summed E-state index contributed by atoms with van der Waals surface area (Å²) in [4.78, 5) is 21.7. The van der Waals surface area contributed by atoms with Gasteiger partial charge in [0.2, 0.25) is 5.91 Å². The number of rotatable bonds is 5.